The van der Waals surface area contributed by atoms with Gasteiger partial charge in [-0.25, -0.2) is 0 Å². The van der Waals surface area contributed by atoms with Crippen molar-refractivity contribution in [2.24, 2.45) is 0 Å². The summed E-state index contributed by atoms with van der Waals surface area (Å²) in [6, 6.07) is 0. The first kappa shape index (κ1) is 7.85. The second-order valence-corrected chi connectivity index (χ2v) is 2.44. The molecule has 0 bridgehead atoms. The van der Waals surface area contributed by atoms with Gasteiger partial charge in [0.05, 0.1) is 0 Å². The molecule has 0 aliphatic carbocycles. The van der Waals surface area contributed by atoms with Crippen molar-refractivity contribution in [2.45, 2.75) is 0 Å². The summed E-state index contributed by atoms with van der Waals surface area (Å²) >= 11 is 6.25. The molecule has 7 heavy (non-hydrogen) atoms. The van der Waals surface area contributed by atoms with Gasteiger partial charge in [0.1, 0.15) is 0 Å². The maximum absolute atomic E-state index is 4.71. The Morgan fingerprint density at radius 3 is 2.71 bits per heavy atom. The minimum absolute atomic E-state index is 0. The normalized spacial score (nSPS) is 7.43. The zero-order valence-electron chi connectivity index (χ0n) is 4.97. The Labute approximate surface area is 74.5 Å². The molecule has 0 saturated heterocycles. The standard InChI is InChI=1S/C3H3NS2.Na.H/c5-3-4-1-2-6-3;;/h1-2H,(H,4,5);;/q;+1;-1. The number of thiazole rings is 1. The van der Waals surface area contributed by atoms with E-state index in [2.05, 4.69) is 4.98 Å². The molecular formula is C3H4NNaS2. The van der Waals surface area contributed by atoms with Gasteiger partial charge in [0.2, 0.25) is 0 Å². The largest absolute Gasteiger partial charge is 1.00 e. The Balaban J connectivity index is 0. The summed E-state index contributed by atoms with van der Waals surface area (Å²) in [5.41, 5.74) is 0. The maximum atomic E-state index is 4.71. The smallest absolute Gasteiger partial charge is 1.00 e. The average molecular weight is 141 g/mol. The van der Waals surface area contributed by atoms with E-state index in [1.165, 1.54) is 11.3 Å². The number of aromatic amines is 1. The van der Waals surface area contributed by atoms with Crippen LogP contribution in [-0.4, -0.2) is 4.98 Å². The zero-order chi connectivity index (χ0) is 4.41. The Morgan fingerprint density at radius 1 is 1.86 bits per heavy atom. The first-order valence-electron chi connectivity index (χ1n) is 1.52. The molecule has 1 aromatic rings. The third-order valence-corrected chi connectivity index (χ3v) is 1.45. The summed E-state index contributed by atoms with van der Waals surface area (Å²) in [5, 5.41) is 1.92. The SMILES string of the molecule is S=c1[nH]ccs1.[H-].[Na+]. The molecule has 1 heterocycles. The second-order valence-electron chi connectivity index (χ2n) is 0.852. The Morgan fingerprint density at radius 2 is 2.57 bits per heavy atom. The van der Waals surface area contributed by atoms with Crippen LogP contribution in [0, 0.1) is 3.95 Å². The molecule has 0 spiro atoms. The van der Waals surface area contributed by atoms with Crippen LogP contribution in [-0.2, 0) is 0 Å². The number of nitrogens with one attached hydrogen (secondary N) is 1. The molecule has 4 heteroatoms. The molecule has 0 atom stereocenters. The van der Waals surface area contributed by atoms with E-state index in [1.807, 2.05) is 11.6 Å². The predicted octanol–water partition coefficient (Wildman–Crippen LogP) is -1.08. The fourth-order valence-electron chi connectivity index (χ4n) is 0.232. The monoisotopic (exact) mass is 141 g/mol. The topological polar surface area (TPSA) is 15.8 Å². The summed E-state index contributed by atoms with van der Waals surface area (Å²) in [7, 11) is 0. The van der Waals surface area contributed by atoms with Crippen molar-refractivity contribution in [2.75, 3.05) is 0 Å². The number of H-pyrrole nitrogens is 1. The predicted molar refractivity (Wildman–Crippen MR) is 30.6 cm³/mol. The van der Waals surface area contributed by atoms with E-state index in [0.29, 0.717) is 0 Å². The van der Waals surface area contributed by atoms with Crippen LogP contribution in [0.3, 0.4) is 0 Å². The number of hydrogen-bond acceptors (Lipinski definition) is 2. The first-order chi connectivity index (χ1) is 2.89. The first-order valence-corrected chi connectivity index (χ1v) is 2.80. The van der Waals surface area contributed by atoms with E-state index >= 15 is 0 Å². The van der Waals surface area contributed by atoms with Crippen LogP contribution in [0.25, 0.3) is 0 Å². The Bertz CT molecular complexity index is 155. The van der Waals surface area contributed by atoms with E-state index in [4.69, 9.17) is 12.2 Å². The van der Waals surface area contributed by atoms with Crippen molar-refractivity contribution in [1.29, 1.82) is 0 Å². The van der Waals surface area contributed by atoms with Crippen LogP contribution < -0.4 is 29.6 Å². The Hall–Kier alpha value is 0.850. The third-order valence-electron chi connectivity index (χ3n) is 0.444. The van der Waals surface area contributed by atoms with Crippen molar-refractivity contribution in [3.63, 3.8) is 0 Å². The minimum Gasteiger partial charge on any atom is -1.00 e. The molecule has 0 radical (unpaired) electrons. The van der Waals surface area contributed by atoms with Crippen LogP contribution in [0.2, 0.25) is 0 Å². The molecule has 0 amide bonds. The van der Waals surface area contributed by atoms with Crippen molar-refractivity contribution in [3.05, 3.63) is 15.5 Å². The van der Waals surface area contributed by atoms with Crippen molar-refractivity contribution < 1.29 is 31.0 Å². The summed E-state index contributed by atoms with van der Waals surface area (Å²) in [5.74, 6) is 0. The van der Waals surface area contributed by atoms with Crippen molar-refractivity contribution >= 4 is 23.6 Å². The van der Waals surface area contributed by atoms with E-state index in [9.17, 15) is 0 Å². The van der Waals surface area contributed by atoms with Gasteiger partial charge in [-0.2, -0.15) is 0 Å². The van der Waals surface area contributed by atoms with Crippen LogP contribution in [0.5, 0.6) is 0 Å². The quantitative estimate of drug-likeness (QED) is 0.359. The second kappa shape index (κ2) is 3.80. The molecule has 0 unspecified atom stereocenters. The molecule has 0 aliphatic rings. The van der Waals surface area contributed by atoms with Gasteiger partial charge in [0, 0.05) is 11.6 Å². The van der Waals surface area contributed by atoms with Gasteiger partial charge >= 0.3 is 29.6 Å². The van der Waals surface area contributed by atoms with Gasteiger partial charge < -0.3 is 6.41 Å². The van der Waals surface area contributed by atoms with Crippen molar-refractivity contribution in [1.82, 2.24) is 4.98 Å². The van der Waals surface area contributed by atoms with E-state index < -0.39 is 0 Å². The average Bonchev–Trinajstić information content (AvgIpc) is 1.86. The Kier molecular flexibility index (Phi) is 4.27. The summed E-state index contributed by atoms with van der Waals surface area (Å²) in [6.45, 7) is 0. The zero-order valence-corrected chi connectivity index (χ0v) is 7.60. The van der Waals surface area contributed by atoms with Crippen LogP contribution in [0.1, 0.15) is 1.43 Å². The summed E-state index contributed by atoms with van der Waals surface area (Å²) < 4.78 is 0.843. The molecule has 0 saturated carbocycles. The molecule has 0 aliphatic heterocycles. The third kappa shape index (κ3) is 2.61. The van der Waals surface area contributed by atoms with Gasteiger partial charge in [-0.15, -0.1) is 11.3 Å². The van der Waals surface area contributed by atoms with E-state index in [-0.39, 0.29) is 31.0 Å². The molecule has 0 fully saturated rings. The van der Waals surface area contributed by atoms with Gasteiger partial charge in [0.15, 0.2) is 3.95 Å². The van der Waals surface area contributed by atoms with Gasteiger partial charge in [-0.3, -0.25) is 0 Å². The fourth-order valence-corrected chi connectivity index (χ4v) is 0.862. The maximum Gasteiger partial charge on any atom is 1.00 e. The number of hydrogen-bond donors (Lipinski definition) is 1. The number of aromatic nitrogens is 1. The van der Waals surface area contributed by atoms with Crippen LogP contribution in [0.15, 0.2) is 11.6 Å². The molecule has 1 N–H and O–H groups in total. The van der Waals surface area contributed by atoms with Crippen molar-refractivity contribution in [3.8, 4) is 0 Å². The molecule has 1 aromatic heterocycles. The molecule has 1 nitrogen and oxygen atoms in total. The number of rotatable bonds is 0. The molecule has 0 aromatic carbocycles. The van der Waals surface area contributed by atoms with Gasteiger partial charge in [0.25, 0.3) is 0 Å². The van der Waals surface area contributed by atoms with Gasteiger partial charge in [-0.05, 0) is 12.2 Å². The summed E-state index contributed by atoms with van der Waals surface area (Å²) in [4.78, 5) is 2.83. The fraction of sp³-hybridized carbons (Fsp3) is 0. The van der Waals surface area contributed by atoms with E-state index in [1.54, 1.807) is 0 Å². The summed E-state index contributed by atoms with van der Waals surface area (Å²) in [6.07, 6.45) is 1.83. The van der Waals surface area contributed by atoms with E-state index in [0.717, 1.165) is 3.95 Å². The minimum atomic E-state index is 0. The molecule has 1 rings (SSSR count). The van der Waals surface area contributed by atoms with Gasteiger partial charge in [-0.1, -0.05) is 0 Å². The van der Waals surface area contributed by atoms with Crippen LogP contribution in [0.4, 0.5) is 0 Å². The molecule has 34 valence electrons. The molecular weight excluding hydrogens is 137 g/mol. The van der Waals surface area contributed by atoms with Crippen LogP contribution >= 0.6 is 23.6 Å².